The highest BCUT2D eigenvalue weighted by atomic mass is 32.1. The molecule has 0 aromatic rings. The molecule has 0 fully saturated rings. The van der Waals surface area contributed by atoms with Crippen LogP contribution in [0.15, 0.2) is 0 Å². The third-order valence-corrected chi connectivity index (χ3v) is 3.34. The van der Waals surface area contributed by atoms with Crippen molar-refractivity contribution in [3.05, 3.63) is 0 Å². The molecule has 0 atom stereocenters. The van der Waals surface area contributed by atoms with Crippen molar-refractivity contribution < 1.29 is 0 Å². The second-order valence-corrected chi connectivity index (χ2v) is 5.62. The summed E-state index contributed by atoms with van der Waals surface area (Å²) in [5, 5.41) is 0. The fraction of sp³-hybridized carbons (Fsp3) is 0.909. The molecule has 12 heavy (non-hydrogen) atoms. The summed E-state index contributed by atoms with van der Waals surface area (Å²) in [6, 6.07) is 0. The lowest BCUT2D eigenvalue weighted by molar-refractivity contribution is 0.424. The largest absolute Gasteiger partial charge is 0.0885 e. The summed E-state index contributed by atoms with van der Waals surface area (Å²) in [6.45, 7) is 13.3. The lowest BCUT2D eigenvalue weighted by atomic mass is 9.73. The molecule has 0 aliphatic carbocycles. The molecule has 1 heteroatoms. The fourth-order valence-corrected chi connectivity index (χ4v) is 1.86. The van der Waals surface area contributed by atoms with Gasteiger partial charge in [0.05, 0.1) is 0 Å². The summed E-state index contributed by atoms with van der Waals surface area (Å²) in [4.78, 5) is 1.21. The highest BCUT2D eigenvalue weighted by molar-refractivity contribution is 7.80. The molecule has 0 radical (unpaired) electrons. The van der Waals surface area contributed by atoms with Crippen molar-refractivity contribution in [1.82, 2.24) is 0 Å². The first-order chi connectivity index (χ1) is 5.22. The maximum Gasteiger partial charge on any atom is 0.00382 e. The van der Waals surface area contributed by atoms with E-state index in [1.807, 2.05) is 0 Å². The Labute approximate surface area is 82.7 Å². The molecule has 0 unspecified atom stereocenters. The third kappa shape index (κ3) is 3.22. The Kier molecular flexibility index (Phi) is 3.89. The Morgan fingerprint density at radius 1 is 1.08 bits per heavy atom. The molecule has 72 valence electrons. The van der Waals surface area contributed by atoms with Crippen molar-refractivity contribution in [2.45, 2.75) is 54.4 Å². The molecular weight excluding hydrogens is 164 g/mol. The van der Waals surface area contributed by atoms with Crippen molar-refractivity contribution in [3.63, 3.8) is 0 Å². The molecule has 0 bridgehead atoms. The van der Waals surface area contributed by atoms with E-state index < -0.39 is 0 Å². The number of rotatable bonds is 3. The zero-order valence-electron chi connectivity index (χ0n) is 9.32. The maximum absolute atomic E-state index is 5.49. The van der Waals surface area contributed by atoms with Crippen LogP contribution in [0, 0.1) is 10.8 Å². The first kappa shape index (κ1) is 12.1. The first-order valence-electron chi connectivity index (χ1n) is 4.76. The Bertz CT molecular complexity index is 160. The van der Waals surface area contributed by atoms with Gasteiger partial charge in [-0.1, -0.05) is 60.2 Å². The average Bonchev–Trinajstić information content (AvgIpc) is 1.84. The van der Waals surface area contributed by atoms with Crippen LogP contribution < -0.4 is 0 Å². The van der Waals surface area contributed by atoms with Gasteiger partial charge in [-0.25, -0.2) is 0 Å². The summed E-state index contributed by atoms with van der Waals surface area (Å²) in [7, 11) is 0. The van der Waals surface area contributed by atoms with Crippen LogP contribution in [0.4, 0.5) is 0 Å². The summed E-state index contributed by atoms with van der Waals surface area (Å²) in [5.74, 6) is 0. The topological polar surface area (TPSA) is 0 Å². The van der Waals surface area contributed by atoms with E-state index in [0.717, 1.165) is 0 Å². The van der Waals surface area contributed by atoms with Crippen LogP contribution in [-0.4, -0.2) is 4.86 Å². The van der Waals surface area contributed by atoms with Crippen LogP contribution in [-0.2, 0) is 0 Å². The van der Waals surface area contributed by atoms with Crippen LogP contribution >= 0.6 is 12.2 Å². The van der Waals surface area contributed by atoms with E-state index in [9.17, 15) is 0 Å². The van der Waals surface area contributed by atoms with Crippen molar-refractivity contribution in [3.8, 4) is 0 Å². The van der Waals surface area contributed by atoms with Gasteiger partial charge < -0.3 is 0 Å². The molecule has 0 N–H and O–H groups in total. The summed E-state index contributed by atoms with van der Waals surface area (Å²) < 4.78 is 0. The quantitative estimate of drug-likeness (QED) is 0.594. The lowest BCUT2D eigenvalue weighted by Gasteiger charge is -2.33. The Morgan fingerprint density at radius 3 is 1.75 bits per heavy atom. The number of hydrogen-bond acceptors (Lipinski definition) is 1. The maximum atomic E-state index is 5.49. The summed E-state index contributed by atoms with van der Waals surface area (Å²) in [5.41, 5.74) is 0.399. The van der Waals surface area contributed by atoms with Gasteiger partial charge in [0.2, 0.25) is 0 Å². The van der Waals surface area contributed by atoms with Crippen LogP contribution in [0.25, 0.3) is 0 Å². The monoisotopic (exact) mass is 186 g/mol. The minimum Gasteiger partial charge on any atom is -0.0885 e. The Balaban J connectivity index is 4.46. The second kappa shape index (κ2) is 3.87. The van der Waals surface area contributed by atoms with E-state index in [4.69, 9.17) is 12.2 Å². The molecule has 0 saturated carbocycles. The van der Waals surface area contributed by atoms with E-state index in [2.05, 4.69) is 41.5 Å². The van der Waals surface area contributed by atoms with Gasteiger partial charge in [-0.05, 0) is 17.3 Å². The zero-order chi connectivity index (χ0) is 9.99. The van der Waals surface area contributed by atoms with Crippen LogP contribution in [0.1, 0.15) is 54.4 Å². The molecule has 0 saturated heterocycles. The summed E-state index contributed by atoms with van der Waals surface area (Å²) >= 11 is 5.49. The Hall–Kier alpha value is 0.0900. The number of hydrogen-bond donors (Lipinski definition) is 0. The van der Waals surface area contributed by atoms with Gasteiger partial charge in [-0.2, -0.15) is 0 Å². The molecule has 0 aromatic carbocycles. The van der Waals surface area contributed by atoms with Crippen molar-refractivity contribution in [2.24, 2.45) is 10.8 Å². The number of thiocarbonyl (C=S) groups is 1. The van der Waals surface area contributed by atoms with Crippen molar-refractivity contribution in [2.75, 3.05) is 0 Å². The molecule has 0 nitrogen and oxygen atoms in total. The predicted molar refractivity (Wildman–Crippen MR) is 60.7 cm³/mol. The normalized spacial score (nSPS) is 13.2. The first-order valence-corrected chi connectivity index (χ1v) is 5.17. The van der Waals surface area contributed by atoms with E-state index in [1.165, 1.54) is 17.7 Å². The molecular formula is C11H22S. The second-order valence-electron chi connectivity index (χ2n) is 5.21. The van der Waals surface area contributed by atoms with Gasteiger partial charge in [0.15, 0.2) is 0 Å². The highest BCUT2D eigenvalue weighted by Gasteiger charge is 2.30. The molecule has 0 aromatic heterocycles. The van der Waals surface area contributed by atoms with E-state index in [-0.39, 0.29) is 10.8 Å². The van der Waals surface area contributed by atoms with Gasteiger partial charge in [-0.3, -0.25) is 0 Å². The highest BCUT2D eigenvalue weighted by Crippen LogP contribution is 2.34. The van der Waals surface area contributed by atoms with Gasteiger partial charge in [0, 0.05) is 4.86 Å². The smallest absolute Gasteiger partial charge is 0.00382 e. The minimum atomic E-state index is 0.175. The van der Waals surface area contributed by atoms with Gasteiger partial charge in [0.1, 0.15) is 0 Å². The molecule has 0 aliphatic rings. The molecule has 0 spiro atoms. The van der Waals surface area contributed by atoms with Gasteiger partial charge in [-0.15, -0.1) is 0 Å². The molecule has 0 heterocycles. The van der Waals surface area contributed by atoms with E-state index in [1.54, 1.807) is 0 Å². The van der Waals surface area contributed by atoms with Crippen LogP contribution in [0.2, 0.25) is 0 Å². The predicted octanol–water partition coefficient (Wildman–Crippen LogP) is 4.23. The van der Waals surface area contributed by atoms with Crippen molar-refractivity contribution in [1.29, 1.82) is 0 Å². The molecule has 0 aliphatic heterocycles. The van der Waals surface area contributed by atoms with Gasteiger partial charge >= 0.3 is 0 Å². The van der Waals surface area contributed by atoms with Crippen LogP contribution in [0.5, 0.6) is 0 Å². The fourth-order valence-electron chi connectivity index (χ4n) is 1.75. The third-order valence-electron chi connectivity index (χ3n) is 2.17. The van der Waals surface area contributed by atoms with E-state index >= 15 is 0 Å². The van der Waals surface area contributed by atoms with Crippen LogP contribution in [0.3, 0.4) is 0 Å². The molecule has 0 rings (SSSR count). The standard InChI is InChI=1S/C11H22S/c1-7-8-11(5,6)9(12)10(2,3)4/h7-8H2,1-6H3. The Morgan fingerprint density at radius 2 is 1.50 bits per heavy atom. The molecule has 0 amide bonds. The van der Waals surface area contributed by atoms with Crippen molar-refractivity contribution >= 4 is 17.1 Å². The van der Waals surface area contributed by atoms with Gasteiger partial charge in [0.25, 0.3) is 0 Å². The van der Waals surface area contributed by atoms with E-state index in [0.29, 0.717) is 0 Å². The summed E-state index contributed by atoms with van der Waals surface area (Å²) in [6.07, 6.45) is 2.41. The minimum absolute atomic E-state index is 0.175. The average molecular weight is 186 g/mol. The lowest BCUT2D eigenvalue weighted by Crippen LogP contribution is -2.33. The SMILES string of the molecule is CCCC(C)(C)C(=S)C(C)(C)C. The zero-order valence-corrected chi connectivity index (χ0v) is 10.1.